The average Bonchev–Trinajstić information content (AvgIpc) is 3.09. The van der Waals surface area contributed by atoms with Crippen LogP contribution in [0.4, 0.5) is 8.78 Å². The number of carbonyl (C=O) groups is 1. The maximum absolute atomic E-state index is 14.3. The molecule has 1 spiro atoms. The molecule has 0 radical (unpaired) electrons. The Bertz CT molecular complexity index is 1190. The summed E-state index contributed by atoms with van der Waals surface area (Å²) in [4.78, 5) is 16.8. The van der Waals surface area contributed by atoms with E-state index in [-0.39, 0.29) is 18.0 Å². The van der Waals surface area contributed by atoms with Crippen molar-refractivity contribution in [2.75, 3.05) is 13.7 Å². The Morgan fingerprint density at radius 1 is 1.28 bits per heavy atom. The summed E-state index contributed by atoms with van der Waals surface area (Å²) in [7, 11) is 1.65. The molecule has 0 bridgehead atoms. The number of benzene rings is 2. The molecule has 1 aliphatic carbocycles. The molecule has 3 aromatic rings. The topological polar surface area (TPSA) is 65.6 Å². The monoisotopic (exact) mass is 440 g/mol. The molecule has 0 amide bonds. The van der Waals surface area contributed by atoms with Crippen molar-refractivity contribution in [3.63, 3.8) is 0 Å². The first-order valence-corrected chi connectivity index (χ1v) is 10.8. The number of nitrogens with one attached hydrogen (secondary N) is 1. The fraction of sp³-hybridized carbons (Fsp3) is 0.400. The first-order chi connectivity index (χ1) is 15.2. The van der Waals surface area contributed by atoms with Gasteiger partial charge in [-0.15, -0.1) is 0 Å². The molecule has 1 saturated heterocycles. The molecule has 7 heteroatoms. The lowest BCUT2D eigenvalue weighted by Gasteiger charge is -2.40. The van der Waals surface area contributed by atoms with Crippen LogP contribution in [0.15, 0.2) is 42.6 Å². The number of hydrogen-bond acceptors (Lipinski definition) is 3. The number of rotatable bonds is 5. The van der Waals surface area contributed by atoms with Gasteiger partial charge < -0.3 is 14.8 Å². The summed E-state index contributed by atoms with van der Waals surface area (Å²) in [5.74, 6) is -2.83. The van der Waals surface area contributed by atoms with Gasteiger partial charge in [0.05, 0.1) is 12.7 Å². The molecule has 5 nitrogen and oxygen atoms in total. The fourth-order valence-corrected chi connectivity index (χ4v) is 5.34. The highest BCUT2D eigenvalue weighted by atomic mass is 19.3. The van der Waals surface area contributed by atoms with Gasteiger partial charge >= 0.3 is 5.97 Å². The van der Waals surface area contributed by atoms with Crippen molar-refractivity contribution in [3.05, 3.63) is 64.8 Å². The zero-order valence-electron chi connectivity index (χ0n) is 18.1. The highest BCUT2D eigenvalue weighted by Gasteiger charge is 2.71. The Morgan fingerprint density at radius 2 is 2.00 bits per heavy atom. The second kappa shape index (κ2) is 7.30. The SMILES string of the molecule is COc1cc(C)c2[nH]ccc2c1CN1CCC2(C[C@H]1c1ccc(C(=O)O)cc1)CC2(F)F. The van der Waals surface area contributed by atoms with Crippen LogP contribution < -0.4 is 4.74 Å². The third-order valence-electron chi connectivity index (χ3n) is 7.35. The van der Waals surface area contributed by atoms with E-state index in [1.54, 1.807) is 31.4 Å². The molecule has 168 valence electrons. The summed E-state index contributed by atoms with van der Waals surface area (Å²) in [6.07, 6.45) is 2.65. The molecule has 1 unspecified atom stereocenters. The van der Waals surface area contributed by atoms with Crippen LogP contribution in [0.1, 0.15) is 52.4 Å². The lowest BCUT2D eigenvalue weighted by molar-refractivity contribution is 0.00632. The van der Waals surface area contributed by atoms with Gasteiger partial charge in [0.2, 0.25) is 0 Å². The molecule has 2 N–H and O–H groups in total. The number of ether oxygens (including phenoxy) is 1. The van der Waals surface area contributed by atoms with Gasteiger partial charge in [0, 0.05) is 47.1 Å². The Labute approximate surface area is 185 Å². The van der Waals surface area contributed by atoms with E-state index in [1.165, 1.54) is 0 Å². The van der Waals surface area contributed by atoms with Crippen LogP contribution in [0.5, 0.6) is 5.75 Å². The normalized spacial score (nSPS) is 24.7. The molecule has 32 heavy (non-hydrogen) atoms. The van der Waals surface area contributed by atoms with E-state index in [0.29, 0.717) is 25.9 Å². The predicted octanol–water partition coefficient (Wildman–Crippen LogP) is 5.55. The Kier molecular flexibility index (Phi) is 4.78. The van der Waals surface area contributed by atoms with Gasteiger partial charge in [-0.2, -0.15) is 0 Å². The van der Waals surface area contributed by atoms with Crippen molar-refractivity contribution in [3.8, 4) is 5.75 Å². The van der Waals surface area contributed by atoms with Crippen LogP contribution in [-0.4, -0.2) is 40.5 Å². The number of aromatic carboxylic acids is 1. The number of fused-ring (bicyclic) bond motifs is 1. The van der Waals surface area contributed by atoms with Crippen molar-refractivity contribution >= 4 is 16.9 Å². The largest absolute Gasteiger partial charge is 0.496 e. The van der Waals surface area contributed by atoms with Crippen LogP contribution in [0.2, 0.25) is 0 Å². The molecule has 2 aromatic carbocycles. The highest BCUT2D eigenvalue weighted by Crippen LogP contribution is 2.68. The van der Waals surface area contributed by atoms with Crippen LogP contribution in [0.3, 0.4) is 0 Å². The fourth-order valence-electron chi connectivity index (χ4n) is 5.34. The number of carboxylic acid groups (broad SMARTS) is 1. The molecule has 2 atom stereocenters. The third-order valence-corrected chi connectivity index (χ3v) is 7.35. The number of aromatic amines is 1. The first kappa shape index (κ1) is 20.9. The minimum Gasteiger partial charge on any atom is -0.496 e. The van der Waals surface area contributed by atoms with Crippen LogP contribution >= 0.6 is 0 Å². The minimum absolute atomic E-state index is 0.0620. The number of hydrogen-bond donors (Lipinski definition) is 2. The van der Waals surface area contributed by atoms with Crippen molar-refractivity contribution in [2.45, 2.75) is 44.7 Å². The smallest absolute Gasteiger partial charge is 0.335 e. The zero-order valence-corrected chi connectivity index (χ0v) is 18.1. The summed E-state index contributed by atoms with van der Waals surface area (Å²) < 4.78 is 34.3. The second-order valence-electron chi connectivity index (χ2n) is 9.17. The predicted molar refractivity (Wildman–Crippen MR) is 117 cm³/mol. The molecular weight excluding hydrogens is 414 g/mol. The summed E-state index contributed by atoms with van der Waals surface area (Å²) in [6.45, 7) is 3.13. The van der Waals surface area contributed by atoms with Crippen molar-refractivity contribution in [2.24, 2.45) is 5.41 Å². The van der Waals surface area contributed by atoms with Crippen LogP contribution in [0.25, 0.3) is 10.9 Å². The number of H-pyrrole nitrogens is 1. The molecule has 2 aliphatic rings. The van der Waals surface area contributed by atoms with E-state index < -0.39 is 17.3 Å². The molecular formula is C25H26F2N2O3. The summed E-state index contributed by atoms with van der Waals surface area (Å²) >= 11 is 0. The number of piperidine rings is 1. The van der Waals surface area contributed by atoms with Crippen molar-refractivity contribution in [1.82, 2.24) is 9.88 Å². The number of aryl methyl sites for hydroxylation is 1. The molecule has 1 aromatic heterocycles. The number of carboxylic acids is 1. The first-order valence-electron chi connectivity index (χ1n) is 10.8. The van der Waals surface area contributed by atoms with Gasteiger partial charge in [0.1, 0.15) is 5.75 Å². The number of alkyl halides is 2. The van der Waals surface area contributed by atoms with E-state index in [0.717, 1.165) is 33.3 Å². The summed E-state index contributed by atoms with van der Waals surface area (Å²) in [5.41, 5.74) is 3.28. The van der Waals surface area contributed by atoms with Gasteiger partial charge in [-0.25, -0.2) is 13.6 Å². The number of aromatic nitrogens is 1. The Balaban J connectivity index is 1.52. The highest BCUT2D eigenvalue weighted by molar-refractivity contribution is 5.88. The van der Waals surface area contributed by atoms with Crippen molar-refractivity contribution < 1.29 is 23.4 Å². The Hall–Kier alpha value is -2.93. The maximum atomic E-state index is 14.3. The lowest BCUT2D eigenvalue weighted by Crippen LogP contribution is -2.39. The average molecular weight is 440 g/mol. The molecule has 2 fully saturated rings. The van der Waals surface area contributed by atoms with E-state index >= 15 is 0 Å². The summed E-state index contributed by atoms with van der Waals surface area (Å²) in [6, 6.07) is 10.4. The Morgan fingerprint density at radius 3 is 2.62 bits per heavy atom. The van der Waals surface area contributed by atoms with Gasteiger partial charge in [0.25, 0.3) is 5.92 Å². The number of halogens is 2. The van der Waals surface area contributed by atoms with E-state index in [9.17, 15) is 18.7 Å². The van der Waals surface area contributed by atoms with Crippen LogP contribution in [-0.2, 0) is 6.54 Å². The third kappa shape index (κ3) is 3.26. The van der Waals surface area contributed by atoms with Crippen LogP contribution in [0, 0.1) is 12.3 Å². The zero-order chi connectivity index (χ0) is 22.7. The standard InChI is InChI=1S/C25H26F2N2O3/c1-15-11-21(32-2)19(18-7-9-28-22(15)18)13-29-10-8-24(14-25(24,26)27)12-20(29)16-3-5-17(6-4-16)23(30)31/h3-7,9,11,20,28H,8,10,12-14H2,1-2H3,(H,30,31)/t20-,24?/m0/s1. The minimum atomic E-state index is -2.62. The second-order valence-corrected chi connectivity index (χ2v) is 9.17. The van der Waals surface area contributed by atoms with Gasteiger partial charge in [-0.05, 0) is 61.7 Å². The molecule has 1 saturated carbocycles. The lowest BCUT2D eigenvalue weighted by atomic mass is 9.83. The van der Waals surface area contributed by atoms with Gasteiger partial charge in [-0.1, -0.05) is 12.1 Å². The van der Waals surface area contributed by atoms with Crippen molar-refractivity contribution in [1.29, 1.82) is 0 Å². The summed E-state index contributed by atoms with van der Waals surface area (Å²) in [5, 5.41) is 10.3. The number of likely N-dealkylation sites (tertiary alicyclic amines) is 1. The molecule has 2 heterocycles. The van der Waals surface area contributed by atoms with E-state index in [1.807, 2.05) is 25.3 Å². The van der Waals surface area contributed by atoms with E-state index in [4.69, 9.17) is 4.74 Å². The maximum Gasteiger partial charge on any atom is 0.335 e. The number of methoxy groups -OCH3 is 1. The molecule has 5 rings (SSSR count). The van der Waals surface area contributed by atoms with Gasteiger partial charge in [-0.3, -0.25) is 4.90 Å². The van der Waals surface area contributed by atoms with Gasteiger partial charge in [0.15, 0.2) is 0 Å². The molecule has 1 aliphatic heterocycles. The van der Waals surface area contributed by atoms with E-state index in [2.05, 4.69) is 9.88 Å². The quantitative estimate of drug-likeness (QED) is 0.546. The number of nitrogens with zero attached hydrogens (tertiary/aromatic N) is 1.